The Morgan fingerprint density at radius 3 is 2.71 bits per heavy atom. The summed E-state index contributed by atoms with van der Waals surface area (Å²) in [6.45, 7) is 5.71. The van der Waals surface area contributed by atoms with Gasteiger partial charge in [-0.2, -0.15) is 0 Å². The van der Waals surface area contributed by atoms with Crippen LogP contribution in [0.5, 0.6) is 0 Å². The normalized spacial score (nSPS) is 25.8. The molecule has 1 atom stereocenters. The average Bonchev–Trinajstić information content (AvgIpc) is 2.70. The van der Waals surface area contributed by atoms with Crippen molar-refractivity contribution in [3.63, 3.8) is 0 Å². The van der Waals surface area contributed by atoms with E-state index in [0.717, 1.165) is 45.4 Å². The largest absolute Gasteiger partial charge is 0.381 e. The number of nitrogens with zero attached hydrogens (tertiary/aromatic N) is 1. The van der Waals surface area contributed by atoms with Crippen molar-refractivity contribution >= 4 is 18.3 Å². The van der Waals surface area contributed by atoms with Crippen molar-refractivity contribution in [1.82, 2.24) is 4.90 Å². The van der Waals surface area contributed by atoms with E-state index in [1.165, 1.54) is 0 Å². The first kappa shape index (κ1) is 18.7. The standard InChI is InChI=1S/C15H28N2O3.ClH/c1-2-10-20-13-4-3-8-17(9-5-13)14(18)15(16)6-11-19-12-7-15;/h13H,2-12,16H2,1H3;1H. The van der Waals surface area contributed by atoms with E-state index < -0.39 is 5.54 Å². The third-order valence-electron chi connectivity index (χ3n) is 4.33. The van der Waals surface area contributed by atoms with Crippen molar-refractivity contribution < 1.29 is 14.3 Å². The van der Waals surface area contributed by atoms with Gasteiger partial charge in [-0.15, -0.1) is 12.4 Å². The van der Waals surface area contributed by atoms with Crippen molar-refractivity contribution in [1.29, 1.82) is 0 Å². The van der Waals surface area contributed by atoms with E-state index in [1.807, 2.05) is 4.90 Å². The SMILES string of the molecule is CCCOC1CCCN(C(=O)C2(N)CCOCC2)CC1.Cl. The number of ether oxygens (including phenoxy) is 2. The zero-order valence-corrected chi connectivity index (χ0v) is 13.8. The van der Waals surface area contributed by atoms with Crippen LogP contribution in [-0.2, 0) is 14.3 Å². The lowest BCUT2D eigenvalue weighted by Crippen LogP contribution is -2.58. The maximum Gasteiger partial charge on any atom is 0.242 e. The van der Waals surface area contributed by atoms with E-state index in [1.54, 1.807) is 0 Å². The number of hydrogen-bond acceptors (Lipinski definition) is 4. The Morgan fingerprint density at radius 1 is 1.33 bits per heavy atom. The number of amides is 1. The Labute approximate surface area is 133 Å². The molecule has 124 valence electrons. The number of carbonyl (C=O) groups excluding carboxylic acids is 1. The molecule has 2 saturated heterocycles. The number of halogens is 1. The molecule has 2 rings (SSSR count). The van der Waals surface area contributed by atoms with Crippen LogP contribution in [0.3, 0.4) is 0 Å². The minimum Gasteiger partial charge on any atom is -0.381 e. The van der Waals surface area contributed by atoms with Gasteiger partial charge in [0.25, 0.3) is 0 Å². The van der Waals surface area contributed by atoms with E-state index >= 15 is 0 Å². The average molecular weight is 321 g/mol. The highest BCUT2D eigenvalue weighted by atomic mass is 35.5. The van der Waals surface area contributed by atoms with Gasteiger partial charge in [0.05, 0.1) is 11.6 Å². The molecule has 2 aliphatic rings. The van der Waals surface area contributed by atoms with Gasteiger partial charge in [-0.25, -0.2) is 0 Å². The molecule has 2 N–H and O–H groups in total. The maximum atomic E-state index is 12.7. The minimum atomic E-state index is -0.706. The van der Waals surface area contributed by atoms with Crippen LogP contribution in [-0.4, -0.2) is 55.4 Å². The van der Waals surface area contributed by atoms with Crippen LogP contribution < -0.4 is 5.73 Å². The molecule has 21 heavy (non-hydrogen) atoms. The van der Waals surface area contributed by atoms with Gasteiger partial charge < -0.3 is 20.1 Å². The summed E-state index contributed by atoms with van der Waals surface area (Å²) in [5, 5.41) is 0. The van der Waals surface area contributed by atoms with Crippen LogP contribution in [0, 0.1) is 0 Å². The molecule has 2 aliphatic heterocycles. The van der Waals surface area contributed by atoms with Gasteiger partial charge in [-0.3, -0.25) is 4.79 Å². The second kappa shape index (κ2) is 8.93. The Bertz CT molecular complexity index is 322. The summed E-state index contributed by atoms with van der Waals surface area (Å²) in [4.78, 5) is 14.6. The van der Waals surface area contributed by atoms with E-state index in [2.05, 4.69) is 6.92 Å². The fraction of sp³-hybridized carbons (Fsp3) is 0.933. The Kier molecular flexibility index (Phi) is 7.95. The van der Waals surface area contributed by atoms with Crippen molar-refractivity contribution in [3.05, 3.63) is 0 Å². The third kappa shape index (κ3) is 5.09. The zero-order chi connectivity index (χ0) is 14.4. The van der Waals surface area contributed by atoms with Gasteiger partial charge in [0.1, 0.15) is 0 Å². The molecule has 5 nitrogen and oxygen atoms in total. The summed E-state index contributed by atoms with van der Waals surface area (Å²) in [5.41, 5.74) is 5.59. The van der Waals surface area contributed by atoms with Crippen LogP contribution in [0.1, 0.15) is 45.4 Å². The van der Waals surface area contributed by atoms with Crippen molar-refractivity contribution in [2.45, 2.75) is 57.1 Å². The number of nitrogens with two attached hydrogens (primary N) is 1. The molecule has 6 heteroatoms. The molecule has 0 aromatic carbocycles. The predicted octanol–water partition coefficient (Wildman–Crippen LogP) is 1.72. The number of hydrogen-bond donors (Lipinski definition) is 1. The first-order valence-electron chi connectivity index (χ1n) is 7.93. The van der Waals surface area contributed by atoms with Crippen LogP contribution in [0.4, 0.5) is 0 Å². The summed E-state index contributed by atoms with van der Waals surface area (Å²) in [5.74, 6) is 0.108. The van der Waals surface area contributed by atoms with Gasteiger partial charge >= 0.3 is 0 Å². The summed E-state index contributed by atoms with van der Waals surface area (Å²) < 4.78 is 11.1. The lowest BCUT2D eigenvalue weighted by Gasteiger charge is -2.36. The molecule has 1 unspecified atom stereocenters. The van der Waals surface area contributed by atoms with Crippen LogP contribution in [0.25, 0.3) is 0 Å². The summed E-state index contributed by atoms with van der Waals surface area (Å²) in [6, 6.07) is 0. The quantitative estimate of drug-likeness (QED) is 0.856. The van der Waals surface area contributed by atoms with Gasteiger partial charge in [0.15, 0.2) is 0 Å². The number of rotatable bonds is 4. The maximum absolute atomic E-state index is 12.7. The minimum absolute atomic E-state index is 0. The number of likely N-dealkylation sites (tertiary alicyclic amines) is 1. The van der Waals surface area contributed by atoms with Crippen LogP contribution in [0.15, 0.2) is 0 Å². The van der Waals surface area contributed by atoms with Crippen LogP contribution >= 0.6 is 12.4 Å². The topological polar surface area (TPSA) is 64.8 Å². The summed E-state index contributed by atoms with van der Waals surface area (Å²) in [6.07, 6.45) is 5.60. The fourth-order valence-corrected chi connectivity index (χ4v) is 2.98. The molecule has 0 bridgehead atoms. The van der Waals surface area contributed by atoms with Crippen molar-refractivity contribution in [3.8, 4) is 0 Å². The highest BCUT2D eigenvalue weighted by molar-refractivity contribution is 5.86. The molecule has 0 aliphatic carbocycles. The molecular weight excluding hydrogens is 292 g/mol. The first-order valence-corrected chi connectivity index (χ1v) is 7.93. The molecule has 0 spiro atoms. The van der Waals surface area contributed by atoms with E-state index in [-0.39, 0.29) is 18.3 Å². The van der Waals surface area contributed by atoms with E-state index in [4.69, 9.17) is 15.2 Å². The molecule has 1 amide bonds. The second-order valence-corrected chi connectivity index (χ2v) is 5.98. The molecular formula is C15H29ClN2O3. The molecule has 2 heterocycles. The van der Waals surface area contributed by atoms with E-state index in [9.17, 15) is 4.79 Å². The lowest BCUT2D eigenvalue weighted by atomic mass is 9.89. The zero-order valence-electron chi connectivity index (χ0n) is 13.0. The first-order chi connectivity index (χ1) is 9.65. The summed E-state index contributed by atoms with van der Waals surface area (Å²) >= 11 is 0. The molecule has 2 fully saturated rings. The monoisotopic (exact) mass is 320 g/mol. The predicted molar refractivity (Wildman–Crippen MR) is 84.7 cm³/mol. The van der Waals surface area contributed by atoms with Crippen LogP contribution in [0.2, 0.25) is 0 Å². The smallest absolute Gasteiger partial charge is 0.242 e. The molecule has 0 saturated carbocycles. The molecule has 0 aromatic heterocycles. The van der Waals surface area contributed by atoms with E-state index in [0.29, 0.717) is 32.2 Å². The highest BCUT2D eigenvalue weighted by Crippen LogP contribution is 2.23. The molecule has 0 aromatic rings. The third-order valence-corrected chi connectivity index (χ3v) is 4.33. The van der Waals surface area contributed by atoms with Gasteiger partial charge in [-0.1, -0.05) is 6.92 Å². The second-order valence-electron chi connectivity index (χ2n) is 5.98. The van der Waals surface area contributed by atoms with Gasteiger partial charge in [0.2, 0.25) is 5.91 Å². The van der Waals surface area contributed by atoms with Gasteiger partial charge in [-0.05, 0) is 38.5 Å². The fourth-order valence-electron chi connectivity index (χ4n) is 2.98. The van der Waals surface area contributed by atoms with Crippen molar-refractivity contribution in [2.75, 3.05) is 32.9 Å². The Morgan fingerprint density at radius 2 is 2.05 bits per heavy atom. The molecule has 0 radical (unpaired) electrons. The van der Waals surface area contributed by atoms with Gasteiger partial charge in [0, 0.05) is 32.9 Å². The highest BCUT2D eigenvalue weighted by Gasteiger charge is 2.39. The van der Waals surface area contributed by atoms with Crippen molar-refractivity contribution in [2.24, 2.45) is 5.73 Å². The Hall–Kier alpha value is -0.360. The lowest BCUT2D eigenvalue weighted by molar-refractivity contribution is -0.140. The number of carbonyl (C=O) groups is 1. The summed E-state index contributed by atoms with van der Waals surface area (Å²) in [7, 11) is 0. The Balaban J connectivity index is 0.00000220.